The van der Waals surface area contributed by atoms with Crippen LogP contribution in [0.3, 0.4) is 0 Å². The van der Waals surface area contributed by atoms with E-state index in [1.807, 2.05) is 18.2 Å². The molecule has 0 aromatic heterocycles. The average molecular weight is 343 g/mol. The van der Waals surface area contributed by atoms with Crippen molar-refractivity contribution in [2.24, 2.45) is 0 Å². The Labute approximate surface area is 129 Å². The summed E-state index contributed by atoms with van der Waals surface area (Å²) in [5.74, 6) is -0.0789. The lowest BCUT2D eigenvalue weighted by Gasteiger charge is -2.17. The van der Waals surface area contributed by atoms with E-state index in [2.05, 4.69) is 40.0 Å². The number of carbonyl (C=O) groups is 1. The lowest BCUT2D eigenvalue weighted by Crippen LogP contribution is -2.30. The van der Waals surface area contributed by atoms with Crippen molar-refractivity contribution in [3.05, 3.63) is 34.3 Å². The number of nitrogens with zero attached hydrogens (tertiary/aromatic N) is 1. The summed E-state index contributed by atoms with van der Waals surface area (Å²) < 4.78 is 6.32. The molecule has 0 bridgehead atoms. The average Bonchev–Trinajstić information content (AvgIpc) is 2.47. The molecule has 0 heterocycles. The van der Waals surface area contributed by atoms with Gasteiger partial charge in [-0.05, 0) is 41.2 Å². The Morgan fingerprint density at radius 2 is 1.95 bits per heavy atom. The Morgan fingerprint density at radius 3 is 2.60 bits per heavy atom. The second-order valence-electron chi connectivity index (χ2n) is 4.38. The molecule has 1 amide bonds. The van der Waals surface area contributed by atoms with E-state index in [0.29, 0.717) is 25.3 Å². The van der Waals surface area contributed by atoms with Crippen molar-refractivity contribution < 1.29 is 9.53 Å². The van der Waals surface area contributed by atoms with E-state index in [1.165, 1.54) is 0 Å². The molecule has 0 saturated carbocycles. The van der Waals surface area contributed by atoms with Gasteiger partial charge in [0.25, 0.3) is 5.91 Å². The highest BCUT2D eigenvalue weighted by Gasteiger charge is 2.07. The molecule has 0 aliphatic carbocycles. The van der Waals surface area contributed by atoms with Crippen molar-refractivity contribution in [2.45, 2.75) is 13.8 Å². The van der Waals surface area contributed by atoms with Crippen molar-refractivity contribution in [3.63, 3.8) is 0 Å². The third-order valence-corrected chi connectivity index (χ3v) is 3.79. The molecule has 1 aromatic rings. The molecule has 4 nitrogen and oxygen atoms in total. The smallest absolute Gasteiger partial charge is 0.252 e. The molecule has 112 valence electrons. The molecular formula is C15H23BrN2O2. The third-order valence-electron chi connectivity index (χ3n) is 3.10. The van der Waals surface area contributed by atoms with Gasteiger partial charge in [-0.1, -0.05) is 26.0 Å². The maximum Gasteiger partial charge on any atom is 0.252 e. The summed E-state index contributed by atoms with van der Waals surface area (Å²) in [7, 11) is 0. The third kappa shape index (κ3) is 6.03. The summed E-state index contributed by atoms with van der Waals surface area (Å²) >= 11 is 3.36. The minimum Gasteiger partial charge on any atom is -0.378 e. The number of hydrogen-bond donors (Lipinski definition) is 1. The van der Waals surface area contributed by atoms with Gasteiger partial charge in [0.1, 0.15) is 0 Å². The normalized spacial score (nSPS) is 10.8. The molecular weight excluding hydrogens is 320 g/mol. The molecule has 1 N–H and O–H groups in total. The van der Waals surface area contributed by atoms with Crippen molar-refractivity contribution in [2.75, 3.05) is 39.4 Å². The van der Waals surface area contributed by atoms with Gasteiger partial charge in [-0.25, -0.2) is 0 Å². The summed E-state index contributed by atoms with van der Waals surface area (Å²) in [6, 6.07) is 7.38. The number of rotatable bonds is 9. The van der Waals surface area contributed by atoms with Crippen LogP contribution in [0.1, 0.15) is 24.2 Å². The predicted molar refractivity (Wildman–Crippen MR) is 85.1 cm³/mol. The highest BCUT2D eigenvalue weighted by atomic mass is 79.9. The summed E-state index contributed by atoms with van der Waals surface area (Å²) in [5, 5.41) is 2.85. The number of hydrogen-bond acceptors (Lipinski definition) is 3. The van der Waals surface area contributed by atoms with Gasteiger partial charge in [-0.15, -0.1) is 0 Å². The van der Waals surface area contributed by atoms with E-state index in [0.717, 1.165) is 24.1 Å². The Balaban J connectivity index is 2.16. The van der Waals surface area contributed by atoms with Gasteiger partial charge in [-0.3, -0.25) is 4.79 Å². The number of benzene rings is 1. The van der Waals surface area contributed by atoms with Gasteiger partial charge < -0.3 is 15.0 Å². The highest BCUT2D eigenvalue weighted by molar-refractivity contribution is 9.10. The van der Waals surface area contributed by atoms with Gasteiger partial charge in [0.15, 0.2) is 0 Å². The van der Waals surface area contributed by atoms with E-state index < -0.39 is 0 Å². The van der Waals surface area contributed by atoms with E-state index in [9.17, 15) is 4.79 Å². The van der Waals surface area contributed by atoms with Crippen molar-refractivity contribution in [3.8, 4) is 0 Å². The monoisotopic (exact) mass is 342 g/mol. The fourth-order valence-corrected chi connectivity index (χ4v) is 2.28. The summed E-state index contributed by atoms with van der Waals surface area (Å²) in [5.41, 5.74) is 0.649. The van der Waals surface area contributed by atoms with Gasteiger partial charge in [0.2, 0.25) is 0 Å². The van der Waals surface area contributed by atoms with Crippen LogP contribution in [0.15, 0.2) is 28.7 Å². The first-order valence-corrected chi connectivity index (χ1v) is 7.81. The molecule has 0 aliphatic heterocycles. The van der Waals surface area contributed by atoms with Crippen LogP contribution in [0.5, 0.6) is 0 Å². The molecule has 1 rings (SSSR count). The predicted octanol–water partition coefficient (Wildman–Crippen LogP) is 2.54. The molecule has 1 aromatic carbocycles. The first kappa shape index (κ1) is 17.1. The number of ether oxygens (including phenoxy) is 1. The number of nitrogens with one attached hydrogen (secondary N) is 1. The second kappa shape index (κ2) is 9.91. The van der Waals surface area contributed by atoms with E-state index in [-0.39, 0.29) is 5.91 Å². The second-order valence-corrected chi connectivity index (χ2v) is 5.23. The van der Waals surface area contributed by atoms with Crippen LogP contribution in [0.4, 0.5) is 0 Å². The summed E-state index contributed by atoms with van der Waals surface area (Å²) in [4.78, 5) is 14.2. The standard InChI is InChI=1S/C15H23BrN2O2/c1-3-18(4-2)10-12-20-11-9-17-15(19)13-7-5-6-8-14(13)16/h5-8H,3-4,9-12H2,1-2H3,(H,17,19). The van der Waals surface area contributed by atoms with Crippen molar-refractivity contribution in [1.82, 2.24) is 10.2 Å². The van der Waals surface area contributed by atoms with Gasteiger partial charge in [0.05, 0.1) is 18.8 Å². The maximum absolute atomic E-state index is 11.9. The lowest BCUT2D eigenvalue weighted by molar-refractivity contribution is 0.0884. The quantitative estimate of drug-likeness (QED) is 0.701. The van der Waals surface area contributed by atoms with Crippen LogP contribution in [-0.4, -0.2) is 50.2 Å². The zero-order valence-corrected chi connectivity index (χ0v) is 13.8. The van der Waals surface area contributed by atoms with Crippen LogP contribution < -0.4 is 5.32 Å². The first-order chi connectivity index (χ1) is 9.69. The molecule has 20 heavy (non-hydrogen) atoms. The summed E-state index contributed by atoms with van der Waals surface area (Å²) in [6.07, 6.45) is 0. The summed E-state index contributed by atoms with van der Waals surface area (Å²) in [6.45, 7) is 9.06. The number of likely N-dealkylation sites (N-methyl/N-ethyl adjacent to an activating group) is 1. The Bertz CT molecular complexity index is 409. The molecule has 0 spiro atoms. The van der Waals surface area contributed by atoms with Gasteiger partial charge >= 0.3 is 0 Å². The molecule has 0 unspecified atom stereocenters. The zero-order chi connectivity index (χ0) is 14.8. The van der Waals surface area contributed by atoms with Crippen LogP contribution >= 0.6 is 15.9 Å². The van der Waals surface area contributed by atoms with Crippen LogP contribution in [-0.2, 0) is 4.74 Å². The maximum atomic E-state index is 11.9. The largest absolute Gasteiger partial charge is 0.378 e. The SMILES string of the molecule is CCN(CC)CCOCCNC(=O)c1ccccc1Br. The van der Waals surface area contributed by atoms with E-state index in [1.54, 1.807) is 6.07 Å². The van der Waals surface area contributed by atoms with E-state index >= 15 is 0 Å². The van der Waals surface area contributed by atoms with E-state index in [4.69, 9.17) is 4.74 Å². The van der Waals surface area contributed by atoms with Gasteiger partial charge in [-0.2, -0.15) is 0 Å². The van der Waals surface area contributed by atoms with Crippen LogP contribution in [0.2, 0.25) is 0 Å². The fraction of sp³-hybridized carbons (Fsp3) is 0.533. The minimum absolute atomic E-state index is 0.0789. The first-order valence-electron chi connectivity index (χ1n) is 7.01. The Morgan fingerprint density at radius 1 is 1.25 bits per heavy atom. The number of halogens is 1. The fourth-order valence-electron chi connectivity index (χ4n) is 1.81. The van der Waals surface area contributed by atoms with Crippen molar-refractivity contribution in [1.29, 1.82) is 0 Å². The molecule has 0 saturated heterocycles. The molecule has 0 aliphatic rings. The Kier molecular flexibility index (Phi) is 8.49. The highest BCUT2D eigenvalue weighted by Crippen LogP contribution is 2.15. The number of amides is 1. The molecule has 0 radical (unpaired) electrons. The zero-order valence-electron chi connectivity index (χ0n) is 12.2. The van der Waals surface area contributed by atoms with Gasteiger partial charge in [0, 0.05) is 17.6 Å². The van der Waals surface area contributed by atoms with Crippen LogP contribution in [0, 0.1) is 0 Å². The van der Waals surface area contributed by atoms with Crippen LogP contribution in [0.25, 0.3) is 0 Å². The molecule has 5 heteroatoms. The Hall–Kier alpha value is -0.910. The topological polar surface area (TPSA) is 41.6 Å². The van der Waals surface area contributed by atoms with Crippen molar-refractivity contribution >= 4 is 21.8 Å². The molecule has 0 atom stereocenters. The lowest BCUT2D eigenvalue weighted by atomic mass is 10.2. The minimum atomic E-state index is -0.0789. The number of carbonyl (C=O) groups excluding carboxylic acids is 1. The molecule has 0 fully saturated rings.